The maximum Gasteiger partial charge on any atom is 0.162 e. The predicted octanol–water partition coefficient (Wildman–Crippen LogP) is 4.94. The summed E-state index contributed by atoms with van der Waals surface area (Å²) >= 11 is 12.6. The molecule has 1 aliphatic rings. The van der Waals surface area contributed by atoms with Crippen molar-refractivity contribution in [2.24, 2.45) is 0 Å². The highest BCUT2D eigenvalue weighted by Crippen LogP contribution is 2.39. The van der Waals surface area contributed by atoms with Crippen molar-refractivity contribution in [3.63, 3.8) is 0 Å². The van der Waals surface area contributed by atoms with Gasteiger partial charge in [-0.3, -0.25) is 10.4 Å². The van der Waals surface area contributed by atoms with Crippen LogP contribution in [0.25, 0.3) is 0 Å². The molecule has 1 saturated heterocycles. The molecule has 0 aliphatic carbocycles. The Hall–Kier alpha value is -3.58. The number of benzene rings is 1. The molecule has 1 fully saturated rings. The minimum atomic E-state index is -0.548. The minimum Gasteiger partial charge on any atom is -0.493 e. The largest absolute Gasteiger partial charge is 0.493 e. The molecule has 0 bridgehead atoms. The third kappa shape index (κ3) is 5.07. The first-order chi connectivity index (χ1) is 18.0. The van der Waals surface area contributed by atoms with E-state index in [0.29, 0.717) is 55.3 Å². The van der Waals surface area contributed by atoms with Crippen LogP contribution in [0.3, 0.4) is 0 Å². The van der Waals surface area contributed by atoms with E-state index < -0.39 is 6.10 Å². The lowest BCUT2D eigenvalue weighted by atomic mass is 9.90. The number of rotatable bonds is 8. The number of methoxy groups -OCH3 is 1. The van der Waals surface area contributed by atoms with E-state index in [-0.39, 0.29) is 11.3 Å². The average molecular weight is 554 g/mol. The Labute approximate surface area is 232 Å². The van der Waals surface area contributed by atoms with Gasteiger partial charge in [0.1, 0.15) is 18.0 Å². The lowest BCUT2D eigenvalue weighted by molar-refractivity contribution is 0.132. The minimum absolute atomic E-state index is 0.0234. The topological polar surface area (TPSA) is 124 Å². The first-order valence-electron chi connectivity index (χ1n) is 11.8. The van der Waals surface area contributed by atoms with E-state index in [2.05, 4.69) is 32.8 Å². The fraction of sp³-hybridized carbons (Fsp3) is 0.333. The normalized spacial score (nSPS) is 15.0. The van der Waals surface area contributed by atoms with Crippen LogP contribution >= 0.6 is 23.2 Å². The van der Waals surface area contributed by atoms with Crippen molar-refractivity contribution >= 4 is 40.4 Å². The number of nitrogen functional groups attached to an aromatic ring is 1. The number of anilines is 2. The maximum atomic E-state index is 9.84. The van der Waals surface area contributed by atoms with Gasteiger partial charge in [0.25, 0.3) is 0 Å². The Morgan fingerprint density at radius 2 is 1.84 bits per heavy atom. The molecule has 198 valence electrons. The van der Waals surface area contributed by atoms with Gasteiger partial charge in [0, 0.05) is 60.1 Å². The van der Waals surface area contributed by atoms with Gasteiger partial charge in [0.2, 0.25) is 0 Å². The van der Waals surface area contributed by atoms with Crippen LogP contribution in [0.15, 0.2) is 36.8 Å². The average Bonchev–Trinajstić information content (AvgIpc) is 2.86. The van der Waals surface area contributed by atoms with E-state index >= 15 is 0 Å². The van der Waals surface area contributed by atoms with E-state index in [4.69, 9.17) is 43.8 Å². The van der Waals surface area contributed by atoms with Crippen LogP contribution in [0.4, 0.5) is 11.5 Å². The third-order valence-corrected chi connectivity index (χ3v) is 7.53. The van der Waals surface area contributed by atoms with Crippen molar-refractivity contribution in [3.05, 3.63) is 69.1 Å². The molecule has 3 heterocycles. The molecule has 0 radical (unpaired) electrons. The first-order valence-corrected chi connectivity index (χ1v) is 12.6. The summed E-state index contributed by atoms with van der Waals surface area (Å²) in [7, 11) is 5.58. The van der Waals surface area contributed by atoms with Gasteiger partial charge >= 0.3 is 0 Å². The van der Waals surface area contributed by atoms with E-state index in [0.717, 1.165) is 13.1 Å². The monoisotopic (exact) mass is 553 g/mol. The van der Waals surface area contributed by atoms with Crippen molar-refractivity contribution in [1.29, 1.82) is 10.7 Å². The number of hydrogen-bond donors (Lipinski definition) is 2. The van der Waals surface area contributed by atoms with Gasteiger partial charge in [0.15, 0.2) is 11.5 Å². The lowest BCUT2D eigenvalue weighted by Crippen LogP contribution is -2.67. The molecule has 3 N–H and O–H groups in total. The summed E-state index contributed by atoms with van der Waals surface area (Å²) < 4.78 is 11.6. The SMILES string of the molecule is COc1cc(N)c(C(=N)c2cnc(N3CC(C)(N(C)C)C3)c(C#N)c2)cc1O[C@H](C)c1c(Cl)cncc1Cl. The van der Waals surface area contributed by atoms with Crippen LogP contribution in [-0.2, 0) is 0 Å². The van der Waals surface area contributed by atoms with Gasteiger partial charge < -0.3 is 25.0 Å². The van der Waals surface area contributed by atoms with Crippen molar-refractivity contribution in [2.75, 3.05) is 44.9 Å². The van der Waals surface area contributed by atoms with Gasteiger partial charge in [-0.05, 0) is 40.1 Å². The highest BCUT2D eigenvalue weighted by Gasteiger charge is 2.42. The fourth-order valence-electron chi connectivity index (χ4n) is 4.40. The Bertz CT molecular complexity index is 1410. The second kappa shape index (κ2) is 10.7. The smallest absolute Gasteiger partial charge is 0.162 e. The Morgan fingerprint density at radius 1 is 1.18 bits per heavy atom. The number of hydrogen-bond acceptors (Lipinski definition) is 9. The summed E-state index contributed by atoms with van der Waals surface area (Å²) in [6.45, 7) is 5.48. The second-order valence-electron chi connectivity index (χ2n) is 9.70. The number of pyridine rings is 2. The predicted molar refractivity (Wildman–Crippen MR) is 150 cm³/mol. The molecule has 0 spiro atoms. The summed E-state index contributed by atoms with van der Waals surface area (Å²) in [6.07, 6.45) is 4.03. The number of nitriles is 1. The quantitative estimate of drug-likeness (QED) is 0.296. The molecule has 4 rings (SSSR count). The molecule has 0 saturated carbocycles. The zero-order chi connectivity index (χ0) is 27.8. The molecule has 38 heavy (non-hydrogen) atoms. The molecule has 3 aromatic rings. The standard InChI is InChI=1S/C27H29Cl2N7O2/c1-15(24-19(28)11-33-12-20(24)29)38-23-7-18(21(31)8-22(23)37-5)25(32)17-6-16(9-30)26(34-10-17)36-13-27(2,14-36)35(3)4/h6-8,10-12,15,32H,13-14,31H2,1-5H3/t15-/m1/s1. The van der Waals surface area contributed by atoms with Gasteiger partial charge in [0.05, 0.1) is 34.0 Å². The molecular weight excluding hydrogens is 525 g/mol. The van der Waals surface area contributed by atoms with Gasteiger partial charge in [-0.2, -0.15) is 5.26 Å². The number of aromatic nitrogens is 2. The van der Waals surface area contributed by atoms with Gasteiger partial charge in [-0.25, -0.2) is 4.98 Å². The van der Waals surface area contributed by atoms with E-state index in [9.17, 15) is 5.26 Å². The number of nitrogens with zero attached hydrogens (tertiary/aromatic N) is 5. The number of likely N-dealkylation sites (N-methyl/N-ethyl adjacent to an activating group) is 1. The van der Waals surface area contributed by atoms with Crippen LogP contribution in [0.5, 0.6) is 11.5 Å². The summed E-state index contributed by atoms with van der Waals surface area (Å²) in [6, 6.07) is 7.12. The molecule has 9 nitrogen and oxygen atoms in total. The Kier molecular flexibility index (Phi) is 7.70. The van der Waals surface area contributed by atoms with Crippen molar-refractivity contribution in [1.82, 2.24) is 14.9 Å². The van der Waals surface area contributed by atoms with E-state index in [1.54, 1.807) is 31.3 Å². The second-order valence-corrected chi connectivity index (χ2v) is 10.5. The van der Waals surface area contributed by atoms with E-state index in [1.807, 2.05) is 14.1 Å². The van der Waals surface area contributed by atoms with Gasteiger partial charge in [-0.1, -0.05) is 23.2 Å². The van der Waals surface area contributed by atoms with Crippen LogP contribution in [0, 0.1) is 16.7 Å². The summed E-state index contributed by atoms with van der Waals surface area (Å²) in [5.74, 6) is 1.35. The zero-order valence-electron chi connectivity index (χ0n) is 21.8. The molecular formula is C27H29Cl2N7O2. The first kappa shape index (κ1) is 27.5. The highest BCUT2D eigenvalue weighted by atomic mass is 35.5. The number of nitrogens with one attached hydrogen (secondary N) is 1. The highest BCUT2D eigenvalue weighted by molar-refractivity contribution is 6.35. The summed E-state index contributed by atoms with van der Waals surface area (Å²) in [5.41, 5.74) is 8.58. The number of ether oxygens (including phenoxy) is 2. The summed E-state index contributed by atoms with van der Waals surface area (Å²) in [5, 5.41) is 19.5. The molecule has 1 aromatic carbocycles. The van der Waals surface area contributed by atoms with Crippen molar-refractivity contribution in [3.8, 4) is 17.6 Å². The molecule has 1 aliphatic heterocycles. The van der Waals surface area contributed by atoms with Crippen LogP contribution in [0.1, 0.15) is 42.2 Å². The van der Waals surface area contributed by atoms with Crippen molar-refractivity contribution in [2.45, 2.75) is 25.5 Å². The number of halogens is 2. The van der Waals surface area contributed by atoms with E-state index in [1.165, 1.54) is 19.5 Å². The molecule has 0 amide bonds. The Balaban J connectivity index is 1.64. The van der Waals surface area contributed by atoms with Gasteiger partial charge in [-0.15, -0.1) is 0 Å². The maximum absolute atomic E-state index is 9.84. The lowest BCUT2D eigenvalue weighted by Gasteiger charge is -2.52. The summed E-state index contributed by atoms with van der Waals surface area (Å²) in [4.78, 5) is 12.8. The molecule has 11 heteroatoms. The molecule has 1 atom stereocenters. The van der Waals surface area contributed by atoms with Crippen LogP contribution < -0.4 is 20.1 Å². The van der Waals surface area contributed by atoms with Crippen LogP contribution in [0.2, 0.25) is 10.0 Å². The fourth-order valence-corrected chi connectivity index (χ4v) is 5.07. The Morgan fingerprint density at radius 3 is 2.42 bits per heavy atom. The van der Waals surface area contributed by atoms with Crippen LogP contribution in [-0.4, -0.2) is 60.4 Å². The zero-order valence-corrected chi connectivity index (χ0v) is 23.4. The molecule has 0 unspecified atom stereocenters. The number of nitrogens with two attached hydrogens (primary N) is 1. The van der Waals surface area contributed by atoms with Crippen molar-refractivity contribution < 1.29 is 9.47 Å². The molecule has 2 aromatic heterocycles. The third-order valence-electron chi connectivity index (χ3n) is 6.92.